The summed E-state index contributed by atoms with van der Waals surface area (Å²) in [6.07, 6.45) is 7.84. The molecule has 0 saturated carbocycles. The van der Waals surface area contributed by atoms with E-state index in [1.54, 1.807) is 0 Å². The van der Waals surface area contributed by atoms with Gasteiger partial charge in [-0.1, -0.05) is 60.7 Å². The van der Waals surface area contributed by atoms with Gasteiger partial charge >= 0.3 is 0 Å². The van der Waals surface area contributed by atoms with Crippen molar-refractivity contribution in [1.29, 1.82) is 0 Å². The van der Waals surface area contributed by atoms with Gasteiger partial charge in [-0.25, -0.2) is 0 Å². The molecule has 0 nitrogen and oxygen atoms in total. The van der Waals surface area contributed by atoms with Crippen LogP contribution in [0.5, 0.6) is 0 Å². The third-order valence-electron chi connectivity index (χ3n) is 5.37. The fourth-order valence-electron chi connectivity index (χ4n) is 4.38. The van der Waals surface area contributed by atoms with Crippen LogP contribution in [0.3, 0.4) is 0 Å². The molecule has 1 atom stereocenters. The number of fused-ring (bicyclic) bond motifs is 8. The highest BCUT2D eigenvalue weighted by Gasteiger charge is 2.27. The molecule has 0 heterocycles. The molecular weight excluding hydrogens is 275 g/mol. The minimum atomic E-state index is 0.0905. The smallest absolute Gasteiger partial charge is 0.0768 e. The standard InChI is InChI=1S/C22H17B/c23-21-13-20-16-9-2-1-7-14(16)15-8-3-5-11-18(15)22(20)19-12-6-4-10-17(19)21/h1-2,4-7,9-12,21H,3,8,13H2. The molecule has 0 saturated heterocycles. The van der Waals surface area contributed by atoms with Gasteiger partial charge < -0.3 is 0 Å². The van der Waals surface area contributed by atoms with Gasteiger partial charge in [0, 0.05) is 0 Å². The van der Waals surface area contributed by atoms with E-state index in [0.29, 0.717) is 0 Å². The number of benzene rings is 3. The Morgan fingerprint density at radius 2 is 1.61 bits per heavy atom. The van der Waals surface area contributed by atoms with Crippen molar-refractivity contribution in [3.8, 4) is 11.1 Å². The number of hydrogen-bond acceptors (Lipinski definition) is 0. The van der Waals surface area contributed by atoms with E-state index in [0.717, 1.165) is 19.3 Å². The Morgan fingerprint density at radius 1 is 0.870 bits per heavy atom. The van der Waals surface area contributed by atoms with Crippen LogP contribution in [0.25, 0.3) is 28.0 Å². The summed E-state index contributed by atoms with van der Waals surface area (Å²) >= 11 is 0. The highest BCUT2D eigenvalue weighted by molar-refractivity contribution is 6.15. The van der Waals surface area contributed by atoms with Crippen molar-refractivity contribution in [2.75, 3.05) is 0 Å². The van der Waals surface area contributed by atoms with Gasteiger partial charge in [-0.3, -0.25) is 0 Å². The number of aryl methyl sites for hydroxylation is 1. The van der Waals surface area contributed by atoms with E-state index < -0.39 is 0 Å². The average Bonchev–Trinajstić information content (AvgIpc) is 2.62. The van der Waals surface area contributed by atoms with Gasteiger partial charge in [-0.15, -0.1) is 0 Å². The Hall–Kier alpha value is -2.28. The second kappa shape index (κ2) is 4.86. The molecule has 0 aliphatic heterocycles. The molecule has 0 spiro atoms. The topological polar surface area (TPSA) is 0 Å². The number of hydrogen-bond donors (Lipinski definition) is 0. The number of rotatable bonds is 0. The van der Waals surface area contributed by atoms with Crippen molar-refractivity contribution in [3.63, 3.8) is 0 Å². The summed E-state index contributed by atoms with van der Waals surface area (Å²) in [5.41, 5.74) is 8.40. The van der Waals surface area contributed by atoms with Gasteiger partial charge in [-0.05, 0) is 69.2 Å². The predicted molar refractivity (Wildman–Crippen MR) is 98.9 cm³/mol. The van der Waals surface area contributed by atoms with Gasteiger partial charge in [0.1, 0.15) is 0 Å². The van der Waals surface area contributed by atoms with E-state index in [-0.39, 0.29) is 5.82 Å². The van der Waals surface area contributed by atoms with Crippen molar-refractivity contribution in [3.05, 3.63) is 76.9 Å². The lowest BCUT2D eigenvalue weighted by Gasteiger charge is -2.31. The van der Waals surface area contributed by atoms with Crippen LogP contribution in [0.2, 0.25) is 0 Å². The molecule has 3 aromatic rings. The Morgan fingerprint density at radius 3 is 2.48 bits per heavy atom. The fraction of sp³-hybridized carbons (Fsp3) is 0.182. The largest absolute Gasteiger partial charge is 0.0836 e. The zero-order valence-corrected chi connectivity index (χ0v) is 13.0. The summed E-state index contributed by atoms with van der Waals surface area (Å²) in [5.74, 6) is 0.0905. The maximum Gasteiger partial charge on any atom is 0.0768 e. The Bertz CT molecular complexity index is 965. The molecule has 0 fully saturated rings. The van der Waals surface area contributed by atoms with E-state index in [2.05, 4.69) is 60.7 Å². The van der Waals surface area contributed by atoms with Gasteiger partial charge in [0.25, 0.3) is 0 Å². The van der Waals surface area contributed by atoms with Crippen molar-refractivity contribution in [2.24, 2.45) is 0 Å². The van der Waals surface area contributed by atoms with Crippen molar-refractivity contribution < 1.29 is 0 Å². The first-order valence-corrected chi connectivity index (χ1v) is 8.42. The van der Waals surface area contributed by atoms with E-state index in [4.69, 9.17) is 7.85 Å². The van der Waals surface area contributed by atoms with Crippen LogP contribution in [0, 0.1) is 0 Å². The van der Waals surface area contributed by atoms with Gasteiger partial charge in [0.05, 0.1) is 7.85 Å². The van der Waals surface area contributed by atoms with Crippen molar-refractivity contribution in [2.45, 2.75) is 25.1 Å². The summed E-state index contributed by atoms with van der Waals surface area (Å²) in [6, 6.07) is 17.5. The van der Waals surface area contributed by atoms with Crippen LogP contribution in [0.4, 0.5) is 0 Å². The van der Waals surface area contributed by atoms with Crippen LogP contribution in [0.1, 0.15) is 34.5 Å². The third-order valence-corrected chi connectivity index (χ3v) is 5.37. The fourth-order valence-corrected chi connectivity index (χ4v) is 4.38. The second-order valence-corrected chi connectivity index (χ2v) is 6.63. The summed E-state index contributed by atoms with van der Waals surface area (Å²) in [6.45, 7) is 0. The zero-order chi connectivity index (χ0) is 15.4. The molecule has 23 heavy (non-hydrogen) atoms. The first-order valence-electron chi connectivity index (χ1n) is 8.42. The van der Waals surface area contributed by atoms with Crippen LogP contribution in [-0.2, 0) is 12.8 Å². The molecule has 1 unspecified atom stereocenters. The monoisotopic (exact) mass is 292 g/mol. The average molecular weight is 292 g/mol. The van der Waals surface area contributed by atoms with Gasteiger partial charge in [-0.2, -0.15) is 0 Å². The number of allylic oxidation sites excluding steroid dienone is 1. The molecule has 1 heteroatoms. The minimum absolute atomic E-state index is 0.0905. The van der Waals surface area contributed by atoms with E-state index >= 15 is 0 Å². The molecule has 2 radical (unpaired) electrons. The normalized spacial score (nSPS) is 18.3. The quantitative estimate of drug-likeness (QED) is 0.497. The van der Waals surface area contributed by atoms with Crippen LogP contribution >= 0.6 is 0 Å². The van der Waals surface area contributed by atoms with Gasteiger partial charge in [0.2, 0.25) is 0 Å². The van der Waals surface area contributed by atoms with Crippen LogP contribution < -0.4 is 0 Å². The summed E-state index contributed by atoms with van der Waals surface area (Å²) in [4.78, 5) is 0. The molecule has 0 amide bonds. The lowest BCUT2D eigenvalue weighted by molar-refractivity contribution is 0.904. The van der Waals surface area contributed by atoms with Gasteiger partial charge in [0.15, 0.2) is 0 Å². The first-order chi connectivity index (χ1) is 11.3. The van der Waals surface area contributed by atoms with E-state index in [1.165, 1.54) is 44.2 Å². The van der Waals surface area contributed by atoms with E-state index in [1.807, 2.05) is 0 Å². The van der Waals surface area contributed by atoms with Crippen molar-refractivity contribution >= 4 is 24.7 Å². The molecule has 5 rings (SSSR count). The molecule has 0 bridgehead atoms. The first kappa shape index (κ1) is 13.2. The second-order valence-electron chi connectivity index (χ2n) is 6.63. The summed E-state index contributed by atoms with van der Waals surface area (Å²) in [5, 5.41) is 2.80. The van der Waals surface area contributed by atoms with E-state index in [9.17, 15) is 0 Å². The Balaban J connectivity index is 1.99. The lowest BCUT2D eigenvalue weighted by Crippen LogP contribution is -2.14. The lowest BCUT2D eigenvalue weighted by atomic mass is 9.66. The molecule has 2 aliphatic carbocycles. The molecule has 108 valence electrons. The summed E-state index contributed by atoms with van der Waals surface area (Å²) in [7, 11) is 6.51. The maximum absolute atomic E-state index is 6.51. The Kier molecular flexibility index (Phi) is 2.79. The SMILES string of the molecule is [B]C1Cc2c(c3c(c4ccccc24)CCC=C3)-c2ccccc21. The van der Waals surface area contributed by atoms with Crippen LogP contribution in [-0.4, -0.2) is 7.85 Å². The highest BCUT2D eigenvalue weighted by Crippen LogP contribution is 2.46. The Labute approximate surface area is 138 Å². The van der Waals surface area contributed by atoms with Crippen molar-refractivity contribution in [1.82, 2.24) is 0 Å². The zero-order valence-electron chi connectivity index (χ0n) is 13.0. The molecule has 3 aromatic carbocycles. The third kappa shape index (κ3) is 1.80. The molecule has 0 aromatic heterocycles. The molecule has 0 N–H and O–H groups in total. The predicted octanol–water partition coefficient (Wildman–Crippen LogP) is 5.23. The molecular formula is C22H17B. The maximum atomic E-state index is 6.51. The minimum Gasteiger partial charge on any atom is -0.0836 e. The highest BCUT2D eigenvalue weighted by atomic mass is 14.3. The van der Waals surface area contributed by atoms with Crippen LogP contribution in [0.15, 0.2) is 54.6 Å². The summed E-state index contributed by atoms with van der Waals surface area (Å²) < 4.78 is 0. The molecule has 2 aliphatic rings.